The fourth-order valence-corrected chi connectivity index (χ4v) is 2.13. The van der Waals surface area contributed by atoms with E-state index >= 15 is 0 Å². The standard InChI is InChI=1S/C13H13N5O2/c1-2-9-6-12(14)17(16-9)10-3-4-11-8(5-10)7-15-18(11)13(19)20/h3-7H,2,14H2,1H3,(H,19,20). The van der Waals surface area contributed by atoms with Gasteiger partial charge >= 0.3 is 6.09 Å². The van der Waals surface area contributed by atoms with Crippen LogP contribution in [-0.4, -0.2) is 30.8 Å². The lowest BCUT2D eigenvalue weighted by Gasteiger charge is -2.04. The molecule has 0 saturated heterocycles. The zero-order valence-electron chi connectivity index (χ0n) is 10.8. The summed E-state index contributed by atoms with van der Waals surface area (Å²) < 4.78 is 2.57. The molecule has 0 bridgehead atoms. The number of fused-ring (bicyclic) bond motifs is 1. The van der Waals surface area contributed by atoms with Crippen molar-refractivity contribution >= 4 is 22.8 Å². The first-order valence-corrected chi connectivity index (χ1v) is 6.16. The van der Waals surface area contributed by atoms with Crippen LogP contribution in [0.3, 0.4) is 0 Å². The second kappa shape index (κ2) is 4.37. The van der Waals surface area contributed by atoms with E-state index in [0.717, 1.165) is 27.9 Å². The molecule has 0 aliphatic carbocycles. The molecular formula is C13H13N5O2. The van der Waals surface area contributed by atoms with E-state index in [1.54, 1.807) is 16.8 Å². The predicted octanol–water partition coefficient (Wildman–Crippen LogP) is 1.89. The van der Waals surface area contributed by atoms with Crippen LogP contribution in [0.5, 0.6) is 0 Å². The Morgan fingerprint density at radius 1 is 1.40 bits per heavy atom. The molecule has 0 aliphatic rings. The molecule has 7 heteroatoms. The van der Waals surface area contributed by atoms with Crippen LogP contribution in [0.4, 0.5) is 10.6 Å². The molecule has 0 amide bonds. The van der Waals surface area contributed by atoms with Gasteiger partial charge in [0.2, 0.25) is 0 Å². The zero-order valence-corrected chi connectivity index (χ0v) is 10.8. The van der Waals surface area contributed by atoms with Crippen LogP contribution in [-0.2, 0) is 6.42 Å². The monoisotopic (exact) mass is 271 g/mol. The maximum Gasteiger partial charge on any atom is 0.432 e. The largest absolute Gasteiger partial charge is 0.463 e. The third kappa shape index (κ3) is 1.80. The van der Waals surface area contributed by atoms with Gasteiger partial charge in [0, 0.05) is 11.5 Å². The Morgan fingerprint density at radius 3 is 2.85 bits per heavy atom. The van der Waals surface area contributed by atoms with Crippen molar-refractivity contribution in [1.82, 2.24) is 19.6 Å². The van der Waals surface area contributed by atoms with Gasteiger partial charge in [0.15, 0.2) is 0 Å². The minimum Gasteiger partial charge on any atom is -0.463 e. The average molecular weight is 271 g/mol. The van der Waals surface area contributed by atoms with E-state index in [0.29, 0.717) is 11.3 Å². The van der Waals surface area contributed by atoms with Gasteiger partial charge in [0.05, 0.1) is 23.1 Å². The summed E-state index contributed by atoms with van der Waals surface area (Å²) in [6.07, 6.45) is 1.20. The highest BCUT2D eigenvalue weighted by Crippen LogP contribution is 2.21. The number of nitrogens with two attached hydrogens (primary N) is 1. The Morgan fingerprint density at radius 2 is 2.20 bits per heavy atom. The van der Waals surface area contributed by atoms with Crippen LogP contribution in [0.2, 0.25) is 0 Å². The Labute approximate surface area is 114 Å². The third-order valence-electron chi connectivity index (χ3n) is 3.13. The molecule has 0 unspecified atom stereocenters. The van der Waals surface area contributed by atoms with E-state index < -0.39 is 6.09 Å². The van der Waals surface area contributed by atoms with Crippen LogP contribution < -0.4 is 5.73 Å². The summed E-state index contributed by atoms with van der Waals surface area (Å²) in [5, 5.41) is 17.9. The van der Waals surface area contributed by atoms with E-state index in [4.69, 9.17) is 10.8 Å². The molecule has 1 aromatic carbocycles. The lowest BCUT2D eigenvalue weighted by molar-refractivity contribution is 0.194. The van der Waals surface area contributed by atoms with Crippen molar-refractivity contribution in [3.63, 3.8) is 0 Å². The number of anilines is 1. The zero-order chi connectivity index (χ0) is 14.3. The normalized spacial score (nSPS) is 11.1. The number of benzene rings is 1. The smallest absolute Gasteiger partial charge is 0.432 e. The summed E-state index contributed by atoms with van der Waals surface area (Å²) in [6.45, 7) is 2.01. The van der Waals surface area contributed by atoms with E-state index in [1.807, 2.05) is 19.1 Å². The second-order valence-electron chi connectivity index (χ2n) is 4.41. The molecule has 3 rings (SSSR count). The SMILES string of the molecule is CCc1cc(N)n(-c2ccc3c(cnn3C(=O)O)c2)n1. The average Bonchev–Trinajstić information content (AvgIpc) is 3.01. The molecule has 2 aromatic heterocycles. The number of nitrogens with zero attached hydrogens (tertiary/aromatic N) is 4. The predicted molar refractivity (Wildman–Crippen MR) is 74.1 cm³/mol. The lowest BCUT2D eigenvalue weighted by Crippen LogP contribution is -2.09. The molecule has 0 fully saturated rings. The van der Waals surface area contributed by atoms with Crippen LogP contribution in [0.1, 0.15) is 12.6 Å². The minimum atomic E-state index is -1.11. The topological polar surface area (TPSA) is 99.0 Å². The van der Waals surface area contributed by atoms with Gasteiger partial charge in [-0.2, -0.15) is 14.9 Å². The van der Waals surface area contributed by atoms with Crippen molar-refractivity contribution in [2.45, 2.75) is 13.3 Å². The number of carboxylic acid groups (broad SMARTS) is 1. The molecule has 0 radical (unpaired) electrons. The summed E-state index contributed by atoms with van der Waals surface area (Å²) in [5.74, 6) is 0.548. The van der Waals surface area contributed by atoms with Crippen LogP contribution in [0.25, 0.3) is 16.6 Å². The molecule has 2 heterocycles. The van der Waals surface area contributed by atoms with Crippen LogP contribution in [0.15, 0.2) is 30.5 Å². The summed E-state index contributed by atoms with van der Waals surface area (Å²) >= 11 is 0. The Bertz CT molecular complexity index is 802. The molecular weight excluding hydrogens is 258 g/mol. The highest BCUT2D eigenvalue weighted by Gasteiger charge is 2.11. The molecule has 7 nitrogen and oxygen atoms in total. The van der Waals surface area contributed by atoms with E-state index in [9.17, 15) is 4.79 Å². The number of nitrogen functional groups attached to an aromatic ring is 1. The van der Waals surface area contributed by atoms with Gasteiger partial charge in [0.25, 0.3) is 0 Å². The molecule has 0 saturated carbocycles. The maximum atomic E-state index is 11.0. The van der Waals surface area contributed by atoms with Gasteiger partial charge in [0.1, 0.15) is 5.82 Å². The molecule has 0 spiro atoms. The number of hydrogen-bond acceptors (Lipinski definition) is 4. The Hall–Kier alpha value is -2.83. The summed E-state index contributed by atoms with van der Waals surface area (Å²) in [6, 6.07) is 7.10. The fraction of sp³-hybridized carbons (Fsp3) is 0.154. The van der Waals surface area contributed by atoms with Gasteiger partial charge in [-0.15, -0.1) is 0 Å². The van der Waals surface area contributed by atoms with Gasteiger partial charge in [-0.1, -0.05) is 6.92 Å². The van der Waals surface area contributed by atoms with Crippen molar-refractivity contribution in [2.75, 3.05) is 5.73 Å². The molecule has 3 aromatic rings. The fourth-order valence-electron chi connectivity index (χ4n) is 2.13. The number of aryl methyl sites for hydroxylation is 1. The summed E-state index contributed by atoms with van der Waals surface area (Å²) in [4.78, 5) is 11.0. The highest BCUT2D eigenvalue weighted by atomic mass is 16.4. The number of carbonyl (C=O) groups is 1. The molecule has 0 aliphatic heterocycles. The Kier molecular flexibility index (Phi) is 2.67. The molecule has 20 heavy (non-hydrogen) atoms. The number of hydrogen-bond donors (Lipinski definition) is 2. The van der Waals surface area contributed by atoms with Crippen LogP contribution in [0, 0.1) is 0 Å². The van der Waals surface area contributed by atoms with Crippen molar-refractivity contribution in [3.8, 4) is 5.69 Å². The maximum absolute atomic E-state index is 11.0. The lowest BCUT2D eigenvalue weighted by atomic mass is 10.2. The molecule has 3 N–H and O–H groups in total. The van der Waals surface area contributed by atoms with E-state index in [-0.39, 0.29) is 0 Å². The van der Waals surface area contributed by atoms with Gasteiger partial charge in [-0.05, 0) is 24.6 Å². The van der Waals surface area contributed by atoms with Crippen LogP contribution >= 0.6 is 0 Å². The second-order valence-corrected chi connectivity index (χ2v) is 4.41. The minimum absolute atomic E-state index is 0.530. The highest BCUT2D eigenvalue weighted by molar-refractivity contribution is 5.88. The first-order chi connectivity index (χ1) is 9.60. The first kappa shape index (κ1) is 12.2. The first-order valence-electron chi connectivity index (χ1n) is 6.16. The van der Waals surface area contributed by atoms with Crippen molar-refractivity contribution < 1.29 is 9.90 Å². The van der Waals surface area contributed by atoms with E-state index in [1.165, 1.54) is 6.20 Å². The Balaban J connectivity index is 2.13. The van der Waals surface area contributed by atoms with Crippen molar-refractivity contribution in [1.29, 1.82) is 0 Å². The molecule has 102 valence electrons. The van der Waals surface area contributed by atoms with Crippen molar-refractivity contribution in [2.24, 2.45) is 0 Å². The number of rotatable bonds is 2. The summed E-state index contributed by atoms with van der Waals surface area (Å²) in [7, 11) is 0. The van der Waals surface area contributed by atoms with Crippen molar-refractivity contribution in [3.05, 3.63) is 36.2 Å². The number of aromatic nitrogens is 4. The van der Waals surface area contributed by atoms with Gasteiger partial charge in [-0.25, -0.2) is 9.48 Å². The quantitative estimate of drug-likeness (QED) is 0.741. The summed E-state index contributed by atoms with van der Waals surface area (Å²) in [5.41, 5.74) is 8.15. The van der Waals surface area contributed by atoms with Gasteiger partial charge < -0.3 is 10.8 Å². The molecule has 0 atom stereocenters. The van der Waals surface area contributed by atoms with E-state index in [2.05, 4.69) is 10.2 Å². The third-order valence-corrected chi connectivity index (χ3v) is 3.13. The van der Waals surface area contributed by atoms with Gasteiger partial charge in [-0.3, -0.25) is 0 Å².